The molecule has 1 saturated carbocycles. The molecule has 2 N–H and O–H groups in total. The second-order valence-corrected chi connectivity index (χ2v) is 5.31. The average Bonchev–Trinajstić information content (AvgIpc) is 2.69. The number of nitrogens with one attached hydrogen (secondary N) is 2. The van der Waals surface area contributed by atoms with Gasteiger partial charge in [0.05, 0.1) is 12.6 Å². The molecule has 3 nitrogen and oxygen atoms in total. The van der Waals surface area contributed by atoms with E-state index in [4.69, 9.17) is 17.0 Å². The third-order valence-electron chi connectivity index (χ3n) is 3.16. The first-order chi connectivity index (χ1) is 7.63. The van der Waals surface area contributed by atoms with Gasteiger partial charge in [0.15, 0.2) is 5.11 Å². The van der Waals surface area contributed by atoms with E-state index in [1.807, 2.05) is 0 Å². The van der Waals surface area contributed by atoms with Crippen LogP contribution in [-0.4, -0.2) is 30.9 Å². The van der Waals surface area contributed by atoms with Gasteiger partial charge in [0.1, 0.15) is 0 Å². The number of thiocarbonyl (C=S) groups is 1. The van der Waals surface area contributed by atoms with Gasteiger partial charge < -0.3 is 15.4 Å². The predicted octanol–water partition coefficient (Wildman–Crippen LogP) is 2.06. The van der Waals surface area contributed by atoms with Crippen LogP contribution in [0.2, 0.25) is 0 Å². The smallest absolute Gasteiger partial charge is 0.166 e. The number of ether oxygens (including phenoxy) is 1. The minimum Gasteiger partial charge on any atom is -0.383 e. The van der Waals surface area contributed by atoms with Crippen molar-refractivity contribution in [3.05, 3.63) is 0 Å². The van der Waals surface area contributed by atoms with Crippen LogP contribution in [0.15, 0.2) is 0 Å². The van der Waals surface area contributed by atoms with E-state index < -0.39 is 0 Å². The maximum atomic E-state index is 5.32. The zero-order valence-electron chi connectivity index (χ0n) is 10.6. The fraction of sp³-hybridized carbons (Fsp3) is 0.917. The van der Waals surface area contributed by atoms with E-state index in [0.717, 1.165) is 5.11 Å². The average molecular weight is 244 g/mol. The Morgan fingerprint density at radius 1 is 1.38 bits per heavy atom. The number of hydrogen-bond donors (Lipinski definition) is 2. The number of methoxy groups -OCH3 is 1. The van der Waals surface area contributed by atoms with Crippen LogP contribution in [0.4, 0.5) is 0 Å². The normalized spacial score (nSPS) is 18.8. The molecule has 0 aromatic heterocycles. The fourth-order valence-corrected chi connectivity index (χ4v) is 2.36. The molecule has 16 heavy (non-hydrogen) atoms. The molecular formula is C12H24N2OS. The van der Waals surface area contributed by atoms with E-state index in [1.54, 1.807) is 7.11 Å². The van der Waals surface area contributed by atoms with Crippen LogP contribution < -0.4 is 10.6 Å². The lowest BCUT2D eigenvalue weighted by atomic mass is 10.1. The predicted molar refractivity (Wildman–Crippen MR) is 71.6 cm³/mol. The maximum Gasteiger partial charge on any atom is 0.166 e. The lowest BCUT2D eigenvalue weighted by Gasteiger charge is -2.25. The molecular weight excluding hydrogens is 220 g/mol. The van der Waals surface area contributed by atoms with Crippen LogP contribution in [-0.2, 0) is 4.74 Å². The van der Waals surface area contributed by atoms with Gasteiger partial charge in [0.2, 0.25) is 0 Å². The van der Waals surface area contributed by atoms with Gasteiger partial charge in [-0.3, -0.25) is 0 Å². The molecule has 0 aromatic rings. The Hall–Kier alpha value is -0.350. The Morgan fingerprint density at radius 3 is 2.50 bits per heavy atom. The van der Waals surface area contributed by atoms with Crippen molar-refractivity contribution in [3.63, 3.8) is 0 Å². The monoisotopic (exact) mass is 244 g/mol. The summed E-state index contributed by atoms with van der Waals surface area (Å²) in [5.41, 5.74) is 0. The summed E-state index contributed by atoms with van der Waals surface area (Å²) < 4.78 is 5.19. The lowest BCUT2D eigenvalue weighted by Crippen LogP contribution is -2.48. The van der Waals surface area contributed by atoms with Crippen LogP contribution in [0.1, 0.15) is 39.5 Å². The molecule has 1 atom stereocenters. The molecule has 94 valence electrons. The van der Waals surface area contributed by atoms with Crippen LogP contribution in [0.25, 0.3) is 0 Å². The molecule has 0 spiro atoms. The van der Waals surface area contributed by atoms with Crippen LogP contribution in [0.3, 0.4) is 0 Å². The summed E-state index contributed by atoms with van der Waals surface area (Å²) in [6.07, 6.45) is 5.15. The van der Waals surface area contributed by atoms with Gasteiger partial charge >= 0.3 is 0 Å². The number of hydrogen-bond acceptors (Lipinski definition) is 2. The highest BCUT2D eigenvalue weighted by Gasteiger charge is 2.18. The largest absolute Gasteiger partial charge is 0.383 e. The third-order valence-corrected chi connectivity index (χ3v) is 3.39. The van der Waals surface area contributed by atoms with Gasteiger partial charge in [-0.1, -0.05) is 26.7 Å². The molecule has 4 heteroatoms. The summed E-state index contributed by atoms with van der Waals surface area (Å²) in [4.78, 5) is 0. The van der Waals surface area contributed by atoms with E-state index in [1.165, 1.54) is 25.7 Å². The van der Waals surface area contributed by atoms with Crippen molar-refractivity contribution in [1.82, 2.24) is 10.6 Å². The Morgan fingerprint density at radius 2 is 2.00 bits per heavy atom. The highest BCUT2D eigenvalue weighted by atomic mass is 32.1. The van der Waals surface area contributed by atoms with Gasteiger partial charge in [0.25, 0.3) is 0 Å². The van der Waals surface area contributed by atoms with E-state index in [0.29, 0.717) is 24.6 Å². The Balaban J connectivity index is 2.29. The summed E-state index contributed by atoms with van der Waals surface area (Å²) in [6.45, 7) is 5.05. The lowest BCUT2D eigenvalue weighted by molar-refractivity contribution is 0.156. The van der Waals surface area contributed by atoms with Crippen molar-refractivity contribution >= 4 is 17.3 Å². The van der Waals surface area contributed by atoms with Crippen molar-refractivity contribution < 1.29 is 4.74 Å². The summed E-state index contributed by atoms with van der Waals surface area (Å²) in [5.74, 6) is 0.517. The first-order valence-electron chi connectivity index (χ1n) is 6.19. The minimum absolute atomic E-state index is 0.298. The van der Waals surface area contributed by atoms with Crippen molar-refractivity contribution in [2.45, 2.75) is 51.6 Å². The molecule has 1 rings (SSSR count). The highest BCUT2D eigenvalue weighted by Crippen LogP contribution is 2.17. The molecule has 0 radical (unpaired) electrons. The Kier molecular flexibility index (Phi) is 6.06. The van der Waals surface area contributed by atoms with E-state index >= 15 is 0 Å². The molecule has 1 aliphatic rings. The van der Waals surface area contributed by atoms with Gasteiger partial charge in [-0.25, -0.2) is 0 Å². The summed E-state index contributed by atoms with van der Waals surface area (Å²) in [5, 5.41) is 7.51. The molecule has 0 aliphatic heterocycles. The fourth-order valence-electron chi connectivity index (χ4n) is 2.05. The van der Waals surface area contributed by atoms with Crippen molar-refractivity contribution in [3.8, 4) is 0 Å². The minimum atomic E-state index is 0.298. The molecule has 0 heterocycles. The molecule has 0 bridgehead atoms. The molecule has 0 amide bonds. The third kappa shape index (κ3) is 4.66. The van der Waals surface area contributed by atoms with E-state index in [-0.39, 0.29) is 0 Å². The van der Waals surface area contributed by atoms with Gasteiger partial charge in [0, 0.05) is 13.2 Å². The summed E-state index contributed by atoms with van der Waals surface area (Å²) in [7, 11) is 1.73. The quantitative estimate of drug-likeness (QED) is 0.725. The van der Waals surface area contributed by atoms with Crippen LogP contribution in [0.5, 0.6) is 0 Å². The molecule has 0 saturated heterocycles. The maximum absolute atomic E-state index is 5.32. The molecule has 1 aliphatic carbocycles. The van der Waals surface area contributed by atoms with Gasteiger partial charge in [-0.05, 0) is 31.0 Å². The molecule has 1 unspecified atom stereocenters. The Bertz CT molecular complexity index is 215. The van der Waals surface area contributed by atoms with E-state index in [2.05, 4.69) is 24.5 Å². The van der Waals surface area contributed by atoms with Crippen molar-refractivity contribution in [2.75, 3.05) is 13.7 Å². The summed E-state index contributed by atoms with van der Waals surface area (Å²) >= 11 is 5.32. The summed E-state index contributed by atoms with van der Waals surface area (Å²) in [6, 6.07) is 0.877. The zero-order valence-corrected chi connectivity index (χ0v) is 11.4. The zero-order chi connectivity index (χ0) is 12.0. The van der Waals surface area contributed by atoms with Gasteiger partial charge in [-0.2, -0.15) is 0 Å². The van der Waals surface area contributed by atoms with Crippen molar-refractivity contribution in [2.24, 2.45) is 5.92 Å². The molecule has 0 aromatic carbocycles. The highest BCUT2D eigenvalue weighted by molar-refractivity contribution is 7.80. The molecule has 1 fully saturated rings. The second kappa shape index (κ2) is 7.07. The van der Waals surface area contributed by atoms with Crippen molar-refractivity contribution in [1.29, 1.82) is 0 Å². The number of rotatable bonds is 5. The topological polar surface area (TPSA) is 33.3 Å². The Labute approximate surface area is 104 Å². The first kappa shape index (κ1) is 13.7. The van der Waals surface area contributed by atoms with Gasteiger partial charge in [-0.15, -0.1) is 0 Å². The standard InChI is InChI=1S/C12H24N2OS/c1-9(2)11(8-15-3)14-12(16)13-10-6-4-5-7-10/h9-11H,4-8H2,1-3H3,(H2,13,14,16). The van der Waals surface area contributed by atoms with Crippen LogP contribution in [0, 0.1) is 5.92 Å². The van der Waals surface area contributed by atoms with E-state index in [9.17, 15) is 0 Å². The second-order valence-electron chi connectivity index (χ2n) is 4.91. The first-order valence-corrected chi connectivity index (χ1v) is 6.60. The SMILES string of the molecule is COCC(NC(=S)NC1CCCC1)C(C)C. The van der Waals surface area contributed by atoms with Crippen LogP contribution >= 0.6 is 12.2 Å².